The average molecular weight is 711 g/mol. The van der Waals surface area contributed by atoms with Gasteiger partial charge in [0.15, 0.2) is 0 Å². The third-order valence-electron chi connectivity index (χ3n) is 14.5. The molecule has 8 heteroatoms. The molecule has 0 aliphatic heterocycles. The molecular formula is C43H67FN2O5. The minimum atomic E-state index is -1.13. The number of rotatable bonds is 5. The average Bonchev–Trinajstić information content (AvgIpc) is 3.03. The molecule has 286 valence electrons. The van der Waals surface area contributed by atoms with E-state index in [0.29, 0.717) is 29.6 Å². The number of aliphatic carboxylic acids is 1. The van der Waals surface area contributed by atoms with Crippen molar-refractivity contribution in [2.75, 3.05) is 0 Å². The maximum Gasteiger partial charge on any atom is 0.312 e. The van der Waals surface area contributed by atoms with Gasteiger partial charge in [-0.1, -0.05) is 64.3 Å². The zero-order valence-corrected chi connectivity index (χ0v) is 32.8. The highest BCUT2D eigenvalue weighted by molar-refractivity contribution is 5.81. The van der Waals surface area contributed by atoms with Crippen LogP contribution in [0.15, 0.2) is 36.9 Å². The van der Waals surface area contributed by atoms with Gasteiger partial charge in [0, 0.05) is 11.0 Å². The summed E-state index contributed by atoms with van der Waals surface area (Å²) >= 11 is 0. The number of amides is 2. The fraction of sp³-hybridized carbons (Fsp3) is 0.744. The van der Waals surface area contributed by atoms with Crippen LogP contribution >= 0.6 is 0 Å². The Morgan fingerprint density at radius 3 is 2.14 bits per heavy atom. The molecule has 7 nitrogen and oxygen atoms in total. The quantitative estimate of drug-likeness (QED) is 0.208. The molecule has 4 N–H and O–H groups in total. The number of nitrogens with one attached hydrogen (secondary N) is 1. The summed E-state index contributed by atoms with van der Waals surface area (Å²) < 4.78 is 18.2. The summed E-state index contributed by atoms with van der Waals surface area (Å²) in [5.74, 6) is 1.45. The van der Waals surface area contributed by atoms with Crippen molar-refractivity contribution in [3.63, 3.8) is 0 Å². The summed E-state index contributed by atoms with van der Waals surface area (Å²) in [5, 5.41) is 12.8. The number of carbonyl (C=O) groups excluding carboxylic acids is 2. The number of allylic oxidation sites excluding steroid dienone is 1. The van der Waals surface area contributed by atoms with Crippen molar-refractivity contribution in [3.8, 4) is 0 Å². The molecule has 5 aliphatic carbocycles. The molecule has 0 heterocycles. The lowest BCUT2D eigenvalue weighted by molar-refractivity contribution is -0.222. The van der Waals surface area contributed by atoms with E-state index in [9.17, 15) is 23.9 Å². The van der Waals surface area contributed by atoms with Crippen LogP contribution in [0.4, 0.5) is 9.18 Å². The minimum absolute atomic E-state index is 0.102. The highest BCUT2D eigenvalue weighted by Gasteiger charge is 2.66. The van der Waals surface area contributed by atoms with E-state index in [1.165, 1.54) is 57.1 Å². The van der Waals surface area contributed by atoms with E-state index < -0.39 is 17.4 Å². The number of aryl methyl sites for hydroxylation is 1. The second-order valence-electron chi connectivity index (χ2n) is 18.4. The smallest absolute Gasteiger partial charge is 0.312 e. The van der Waals surface area contributed by atoms with E-state index in [-0.39, 0.29) is 46.2 Å². The van der Waals surface area contributed by atoms with Gasteiger partial charge < -0.3 is 20.9 Å². The van der Waals surface area contributed by atoms with Crippen LogP contribution < -0.4 is 11.1 Å². The van der Waals surface area contributed by atoms with Gasteiger partial charge in [0.25, 0.3) is 0 Å². The first-order chi connectivity index (χ1) is 23.8. The van der Waals surface area contributed by atoms with E-state index >= 15 is 0 Å². The number of carboxylic acid groups (broad SMARTS) is 1. The summed E-state index contributed by atoms with van der Waals surface area (Å²) in [6.07, 6.45) is 15.1. The molecule has 0 saturated heterocycles. The van der Waals surface area contributed by atoms with Gasteiger partial charge in [-0.2, -0.15) is 0 Å². The molecule has 2 amide bonds. The van der Waals surface area contributed by atoms with Crippen molar-refractivity contribution < 1.29 is 28.6 Å². The van der Waals surface area contributed by atoms with Crippen molar-refractivity contribution in [1.29, 1.82) is 0 Å². The Morgan fingerprint density at radius 2 is 1.55 bits per heavy atom. The van der Waals surface area contributed by atoms with Gasteiger partial charge >= 0.3 is 18.0 Å². The third-order valence-corrected chi connectivity index (χ3v) is 14.5. The van der Waals surface area contributed by atoms with E-state index in [4.69, 9.17) is 10.5 Å². The fourth-order valence-electron chi connectivity index (χ4n) is 12.2. The highest BCUT2D eigenvalue weighted by atomic mass is 19.1. The van der Waals surface area contributed by atoms with Crippen molar-refractivity contribution in [1.82, 2.24) is 5.32 Å². The number of nitrogens with two attached hydrogens (primary N) is 1. The van der Waals surface area contributed by atoms with Crippen LogP contribution in [-0.2, 0) is 14.3 Å². The van der Waals surface area contributed by atoms with E-state index in [1.807, 2.05) is 13.8 Å². The number of esters is 1. The normalized spacial score (nSPS) is 36.3. The Kier molecular flexibility index (Phi) is 12.5. The van der Waals surface area contributed by atoms with Crippen molar-refractivity contribution in [3.05, 3.63) is 48.3 Å². The molecule has 5 saturated carbocycles. The molecule has 0 radical (unpaired) electrons. The Morgan fingerprint density at radius 1 is 0.922 bits per heavy atom. The van der Waals surface area contributed by atoms with Gasteiger partial charge in [-0.3, -0.25) is 9.59 Å². The lowest BCUT2D eigenvalue weighted by atomic mass is 9.36. The number of carboxylic acids is 1. The number of halogens is 1. The zero-order valence-electron chi connectivity index (χ0n) is 32.8. The van der Waals surface area contributed by atoms with Crippen LogP contribution in [0.25, 0.3) is 0 Å². The molecule has 9 unspecified atom stereocenters. The number of carbonyl (C=O) groups is 3. The predicted molar refractivity (Wildman–Crippen MR) is 201 cm³/mol. The summed E-state index contributed by atoms with van der Waals surface area (Å²) in [6.45, 7) is 20.1. The summed E-state index contributed by atoms with van der Waals surface area (Å²) in [5.41, 5.74) is 5.90. The summed E-state index contributed by atoms with van der Waals surface area (Å²) in [7, 11) is 0. The highest BCUT2D eigenvalue weighted by Crippen LogP contribution is 2.72. The number of hydrogen-bond donors (Lipinski definition) is 3. The first-order valence-corrected chi connectivity index (χ1v) is 19.6. The lowest BCUT2D eigenvalue weighted by Crippen LogP contribution is -2.67. The van der Waals surface area contributed by atoms with Crippen LogP contribution in [-0.4, -0.2) is 34.7 Å². The van der Waals surface area contributed by atoms with Gasteiger partial charge in [-0.25, -0.2) is 9.18 Å². The van der Waals surface area contributed by atoms with Gasteiger partial charge in [0.2, 0.25) is 0 Å². The summed E-state index contributed by atoms with van der Waals surface area (Å²) in [4.78, 5) is 36.5. The number of benzene rings is 1. The molecule has 6 rings (SSSR count). The van der Waals surface area contributed by atoms with Crippen molar-refractivity contribution in [2.24, 2.45) is 57.0 Å². The molecule has 0 aromatic heterocycles. The number of ether oxygens (including phenoxy) is 1. The maximum atomic E-state index is 12.9. The van der Waals surface area contributed by atoms with E-state index in [1.54, 1.807) is 32.1 Å². The Balaban J connectivity index is 0.000000457. The second-order valence-corrected chi connectivity index (χ2v) is 18.4. The molecule has 1 aromatic carbocycles. The van der Waals surface area contributed by atoms with E-state index in [0.717, 1.165) is 37.7 Å². The van der Waals surface area contributed by atoms with Crippen LogP contribution in [0.3, 0.4) is 0 Å². The first kappa shape index (κ1) is 40.9. The SMILES string of the molecule is C=CC.CC(C)(CC(=O)OC1CCC2(C)C(CCC3(C)C4CCC5(NC(N)=O)CCCCC5C4CCC32)C1(C)C)C(=O)O.Cc1ccc(F)cc1. The van der Waals surface area contributed by atoms with Gasteiger partial charge in [-0.05, 0) is 144 Å². The molecule has 5 fully saturated rings. The Bertz CT molecular complexity index is 1390. The standard InChI is InChI=1S/C33H54N2O5.C7H7F.C3H6/c1-29(2,27(37)38)19-26(36)40-25-14-17-32(6)23(30(25,3)4)13-16-31(5)21-12-18-33(35-28(34)39)15-8-7-9-22(33)20(21)10-11-24(31)32;1-6-2-4-7(8)5-3-6;1-3-2/h20-25H,7-19H2,1-6H3,(H,37,38)(H3,34,35,39);2-5H,1H3;3H,1H2,2H3. The zero-order chi connectivity index (χ0) is 38.0. The molecular weight excluding hydrogens is 643 g/mol. The number of urea groups is 1. The molecule has 9 atom stereocenters. The Hall–Kier alpha value is -2.90. The molecule has 51 heavy (non-hydrogen) atoms. The number of primary amides is 1. The van der Waals surface area contributed by atoms with Crippen LogP contribution in [0.2, 0.25) is 0 Å². The second kappa shape index (κ2) is 15.6. The minimum Gasteiger partial charge on any atom is -0.481 e. The molecule has 0 spiro atoms. The molecule has 0 bridgehead atoms. The fourth-order valence-corrected chi connectivity index (χ4v) is 12.2. The molecule has 1 aromatic rings. The van der Waals surface area contributed by atoms with Gasteiger partial charge in [0.05, 0.1) is 11.8 Å². The van der Waals surface area contributed by atoms with E-state index in [2.05, 4.69) is 39.6 Å². The van der Waals surface area contributed by atoms with Crippen molar-refractivity contribution in [2.45, 2.75) is 151 Å². The van der Waals surface area contributed by atoms with Gasteiger partial charge in [0.1, 0.15) is 11.9 Å². The predicted octanol–water partition coefficient (Wildman–Crippen LogP) is 10.0. The van der Waals surface area contributed by atoms with Gasteiger partial charge in [-0.15, -0.1) is 6.58 Å². The number of fused-ring (bicyclic) bond motifs is 7. The topological polar surface area (TPSA) is 119 Å². The number of hydrogen-bond acceptors (Lipinski definition) is 4. The Labute approximate surface area is 307 Å². The monoisotopic (exact) mass is 711 g/mol. The molecule has 5 aliphatic rings. The first-order valence-electron chi connectivity index (χ1n) is 19.6. The third kappa shape index (κ3) is 8.20. The largest absolute Gasteiger partial charge is 0.481 e. The van der Waals surface area contributed by atoms with Crippen LogP contribution in [0, 0.1) is 64.0 Å². The maximum absolute atomic E-state index is 12.9. The van der Waals surface area contributed by atoms with Crippen molar-refractivity contribution >= 4 is 18.0 Å². The lowest BCUT2D eigenvalue weighted by Gasteiger charge is -2.70. The van der Waals surface area contributed by atoms with Crippen LogP contribution in [0.1, 0.15) is 138 Å². The van der Waals surface area contributed by atoms with Crippen LogP contribution in [0.5, 0.6) is 0 Å². The summed E-state index contributed by atoms with van der Waals surface area (Å²) in [6, 6.07) is 6.04.